The van der Waals surface area contributed by atoms with E-state index in [9.17, 15) is 4.79 Å². The van der Waals surface area contributed by atoms with Gasteiger partial charge in [-0.1, -0.05) is 25.7 Å². The van der Waals surface area contributed by atoms with Gasteiger partial charge in [0.2, 0.25) is 0 Å². The summed E-state index contributed by atoms with van der Waals surface area (Å²) >= 11 is 1.34. The molecule has 0 atom stereocenters. The minimum Gasteiger partial charge on any atom is -0.396 e. The molecule has 5 nitrogen and oxygen atoms in total. The Morgan fingerprint density at radius 1 is 1.24 bits per heavy atom. The predicted octanol–water partition coefficient (Wildman–Crippen LogP) is 3.07. The van der Waals surface area contributed by atoms with Crippen molar-refractivity contribution in [3.05, 3.63) is 17.3 Å². The van der Waals surface area contributed by atoms with Gasteiger partial charge in [-0.05, 0) is 12.8 Å². The number of carbonyl (C=O) groups is 1. The average Bonchev–Trinajstić information content (AvgIpc) is 2.70. The number of anilines is 1. The molecule has 2 heterocycles. The van der Waals surface area contributed by atoms with Gasteiger partial charge in [0.15, 0.2) is 0 Å². The van der Waals surface area contributed by atoms with Crippen molar-refractivity contribution in [1.82, 2.24) is 14.9 Å². The molecule has 21 heavy (non-hydrogen) atoms. The van der Waals surface area contributed by atoms with Crippen LogP contribution in [0.4, 0.5) is 5.69 Å². The highest BCUT2D eigenvalue weighted by Gasteiger charge is 2.26. The van der Waals surface area contributed by atoms with Crippen LogP contribution in [0.3, 0.4) is 0 Å². The van der Waals surface area contributed by atoms with Crippen molar-refractivity contribution in [3.63, 3.8) is 0 Å². The number of nitrogens with two attached hydrogens (primary N) is 1. The summed E-state index contributed by atoms with van der Waals surface area (Å²) in [4.78, 5) is 24.4. The maximum absolute atomic E-state index is 12.7. The van der Waals surface area contributed by atoms with Crippen LogP contribution in [0.5, 0.6) is 0 Å². The number of carbonyl (C=O) groups excluding carboxylic acids is 1. The van der Waals surface area contributed by atoms with Crippen molar-refractivity contribution < 1.29 is 4.79 Å². The van der Waals surface area contributed by atoms with Crippen LogP contribution in [0.1, 0.15) is 48.2 Å². The Morgan fingerprint density at radius 2 is 1.90 bits per heavy atom. The molecule has 2 N–H and O–H groups in total. The van der Waals surface area contributed by atoms with Crippen LogP contribution in [0.25, 0.3) is 10.3 Å². The zero-order valence-electron chi connectivity index (χ0n) is 12.2. The maximum Gasteiger partial charge on any atom is 0.266 e. The number of nitrogen functional groups attached to an aromatic ring is 1. The number of hydrogen-bond donors (Lipinski definition) is 1. The fourth-order valence-electron chi connectivity index (χ4n) is 2.97. The summed E-state index contributed by atoms with van der Waals surface area (Å²) in [5.41, 5.74) is 7.20. The third-order valence-electron chi connectivity index (χ3n) is 4.25. The smallest absolute Gasteiger partial charge is 0.266 e. The zero-order chi connectivity index (χ0) is 14.8. The molecule has 0 unspecified atom stereocenters. The van der Waals surface area contributed by atoms with E-state index in [1.54, 1.807) is 12.4 Å². The van der Waals surface area contributed by atoms with E-state index < -0.39 is 0 Å². The first-order chi connectivity index (χ1) is 10.2. The molecule has 1 aliphatic rings. The van der Waals surface area contributed by atoms with Gasteiger partial charge in [-0.25, -0.2) is 9.97 Å². The van der Waals surface area contributed by atoms with Crippen LogP contribution in [0.2, 0.25) is 0 Å². The molecule has 2 aromatic rings. The fourth-order valence-corrected chi connectivity index (χ4v) is 3.98. The first kappa shape index (κ1) is 14.3. The number of fused-ring (bicyclic) bond motifs is 1. The zero-order valence-corrected chi connectivity index (χ0v) is 13.0. The molecule has 1 amide bonds. The number of amides is 1. The molecule has 112 valence electrons. The number of rotatable bonds is 2. The molecule has 3 rings (SSSR count). The van der Waals surface area contributed by atoms with E-state index in [2.05, 4.69) is 9.97 Å². The van der Waals surface area contributed by atoms with Crippen molar-refractivity contribution in [3.8, 4) is 0 Å². The molecule has 2 aromatic heterocycles. The van der Waals surface area contributed by atoms with Crippen molar-refractivity contribution in [2.45, 2.75) is 44.6 Å². The Kier molecular flexibility index (Phi) is 4.05. The lowest BCUT2D eigenvalue weighted by Crippen LogP contribution is -2.36. The van der Waals surface area contributed by atoms with Crippen LogP contribution >= 0.6 is 11.3 Å². The van der Waals surface area contributed by atoms with E-state index in [1.165, 1.54) is 37.0 Å². The molecular weight excluding hydrogens is 284 g/mol. The standard InChI is InChI=1S/C15H20N4OS/c1-19(10-6-4-2-3-5-7-10)15(20)13-11(16)12-14(21-13)18-9-8-17-12/h8-10H,2-7,16H2,1H3. The van der Waals surface area contributed by atoms with Crippen LogP contribution in [0, 0.1) is 0 Å². The lowest BCUT2D eigenvalue weighted by Gasteiger charge is -2.26. The van der Waals surface area contributed by atoms with Crippen molar-refractivity contribution in [2.24, 2.45) is 0 Å². The van der Waals surface area contributed by atoms with E-state index in [1.807, 2.05) is 11.9 Å². The summed E-state index contributed by atoms with van der Waals surface area (Å²) in [5.74, 6) is 0.00389. The third-order valence-corrected chi connectivity index (χ3v) is 5.34. The molecule has 0 bridgehead atoms. The minimum atomic E-state index is 0.00389. The molecule has 0 saturated heterocycles. The SMILES string of the molecule is CN(C(=O)c1sc2nccnc2c1N)C1CCCCCC1. The molecule has 1 fully saturated rings. The monoisotopic (exact) mass is 304 g/mol. The normalized spacial score (nSPS) is 16.8. The van der Waals surface area contributed by atoms with Gasteiger partial charge in [0.1, 0.15) is 15.2 Å². The quantitative estimate of drug-likeness (QED) is 0.865. The minimum absolute atomic E-state index is 0.00389. The molecule has 0 spiro atoms. The van der Waals surface area contributed by atoms with E-state index in [0.29, 0.717) is 22.1 Å². The summed E-state index contributed by atoms with van der Waals surface area (Å²) in [6.45, 7) is 0. The first-order valence-corrected chi connectivity index (χ1v) is 8.26. The summed E-state index contributed by atoms with van der Waals surface area (Å²) < 4.78 is 0. The second kappa shape index (κ2) is 5.97. The summed E-state index contributed by atoms with van der Waals surface area (Å²) in [6, 6.07) is 0.325. The summed E-state index contributed by atoms with van der Waals surface area (Å²) in [7, 11) is 1.89. The lowest BCUT2D eigenvalue weighted by molar-refractivity contribution is 0.0723. The van der Waals surface area contributed by atoms with Gasteiger partial charge in [0.05, 0.1) is 5.69 Å². The van der Waals surface area contributed by atoms with Gasteiger partial charge >= 0.3 is 0 Å². The molecule has 0 aromatic carbocycles. The van der Waals surface area contributed by atoms with Gasteiger partial charge in [-0.2, -0.15) is 0 Å². The molecule has 1 saturated carbocycles. The first-order valence-electron chi connectivity index (χ1n) is 7.44. The van der Waals surface area contributed by atoms with E-state index >= 15 is 0 Å². The van der Waals surface area contributed by atoms with Crippen molar-refractivity contribution >= 4 is 33.3 Å². The fraction of sp³-hybridized carbons (Fsp3) is 0.533. The lowest BCUT2D eigenvalue weighted by atomic mass is 10.1. The van der Waals surface area contributed by atoms with E-state index in [0.717, 1.165) is 17.7 Å². The number of thiophene rings is 1. The summed E-state index contributed by atoms with van der Waals surface area (Å²) in [5, 5.41) is 0. The van der Waals surface area contributed by atoms with E-state index in [4.69, 9.17) is 5.73 Å². The second-order valence-electron chi connectivity index (χ2n) is 5.62. The second-order valence-corrected chi connectivity index (χ2v) is 6.62. The highest BCUT2D eigenvalue weighted by atomic mass is 32.1. The Hall–Kier alpha value is -1.69. The average molecular weight is 304 g/mol. The maximum atomic E-state index is 12.7. The highest BCUT2D eigenvalue weighted by molar-refractivity contribution is 7.21. The van der Waals surface area contributed by atoms with Crippen LogP contribution in [-0.4, -0.2) is 33.9 Å². The largest absolute Gasteiger partial charge is 0.396 e. The van der Waals surface area contributed by atoms with Crippen molar-refractivity contribution in [1.29, 1.82) is 0 Å². The molecule has 0 radical (unpaired) electrons. The number of aromatic nitrogens is 2. The predicted molar refractivity (Wildman–Crippen MR) is 85.4 cm³/mol. The van der Waals surface area contributed by atoms with Gasteiger partial charge in [-0.15, -0.1) is 11.3 Å². The van der Waals surface area contributed by atoms with Gasteiger partial charge < -0.3 is 10.6 Å². The van der Waals surface area contributed by atoms with Crippen molar-refractivity contribution in [2.75, 3.05) is 12.8 Å². The topological polar surface area (TPSA) is 72.1 Å². The van der Waals surface area contributed by atoms with Crippen LogP contribution in [-0.2, 0) is 0 Å². The Morgan fingerprint density at radius 3 is 2.57 bits per heavy atom. The molecule has 0 aliphatic heterocycles. The Balaban J connectivity index is 1.87. The van der Waals surface area contributed by atoms with Crippen LogP contribution in [0.15, 0.2) is 12.4 Å². The highest BCUT2D eigenvalue weighted by Crippen LogP contribution is 2.32. The molecule has 1 aliphatic carbocycles. The number of nitrogens with zero attached hydrogens (tertiary/aromatic N) is 3. The van der Waals surface area contributed by atoms with E-state index in [-0.39, 0.29) is 5.91 Å². The van der Waals surface area contributed by atoms with Crippen LogP contribution < -0.4 is 5.73 Å². The Bertz CT molecular complexity index is 646. The number of hydrogen-bond acceptors (Lipinski definition) is 5. The molecular formula is C15H20N4OS. The van der Waals surface area contributed by atoms with Gasteiger partial charge in [0.25, 0.3) is 5.91 Å². The summed E-state index contributed by atoms with van der Waals surface area (Å²) in [6.07, 6.45) is 10.4. The molecule has 6 heteroatoms. The third kappa shape index (κ3) is 2.72. The Labute approximate surface area is 128 Å². The van der Waals surface area contributed by atoms with Gasteiger partial charge in [0, 0.05) is 25.5 Å². The van der Waals surface area contributed by atoms with Gasteiger partial charge in [-0.3, -0.25) is 4.79 Å².